The van der Waals surface area contributed by atoms with Crippen LogP contribution in [0.4, 0.5) is 0 Å². The summed E-state index contributed by atoms with van der Waals surface area (Å²) in [5.41, 5.74) is 3.11. The lowest BCUT2D eigenvalue weighted by molar-refractivity contribution is -0.136. The smallest absolute Gasteiger partial charge is 0.336 e. The number of rotatable bonds is 4. The van der Waals surface area contributed by atoms with Crippen molar-refractivity contribution in [3.63, 3.8) is 0 Å². The molecule has 3 nitrogen and oxygen atoms in total. The van der Waals surface area contributed by atoms with Gasteiger partial charge in [-0.1, -0.05) is 54.6 Å². The molecular weight excluding hydrogens is 274 g/mol. The molecule has 0 heterocycles. The van der Waals surface area contributed by atoms with Crippen molar-refractivity contribution >= 4 is 5.97 Å². The van der Waals surface area contributed by atoms with E-state index in [1.165, 1.54) is 12.7 Å². The Hall–Kier alpha value is -2.29. The van der Waals surface area contributed by atoms with Crippen molar-refractivity contribution in [1.29, 1.82) is 0 Å². The number of esters is 1. The summed E-state index contributed by atoms with van der Waals surface area (Å²) in [5.74, 6) is 1.14. The van der Waals surface area contributed by atoms with Gasteiger partial charge in [-0.25, -0.2) is 4.79 Å². The molecule has 0 aromatic heterocycles. The van der Waals surface area contributed by atoms with Crippen LogP contribution in [-0.4, -0.2) is 13.1 Å². The number of allylic oxidation sites excluding steroid dienone is 5. The van der Waals surface area contributed by atoms with Crippen molar-refractivity contribution in [1.82, 2.24) is 5.32 Å². The molecular formula is C19H19NO2. The van der Waals surface area contributed by atoms with Crippen LogP contribution in [0.5, 0.6) is 0 Å². The molecule has 0 saturated carbocycles. The molecule has 1 unspecified atom stereocenters. The summed E-state index contributed by atoms with van der Waals surface area (Å²) in [6.45, 7) is 0.735. The molecule has 1 aromatic rings. The minimum Gasteiger partial charge on any atom is -0.466 e. The maximum absolute atomic E-state index is 12.3. The molecule has 0 aliphatic heterocycles. The van der Waals surface area contributed by atoms with Gasteiger partial charge in [0, 0.05) is 30.0 Å². The van der Waals surface area contributed by atoms with E-state index in [1.807, 2.05) is 18.2 Å². The Balaban J connectivity index is 1.65. The van der Waals surface area contributed by atoms with Crippen molar-refractivity contribution in [3.8, 4) is 0 Å². The average Bonchev–Trinajstić information content (AvgIpc) is 2.96. The van der Waals surface area contributed by atoms with Crippen molar-refractivity contribution in [2.45, 2.75) is 6.54 Å². The maximum atomic E-state index is 12.3. The molecule has 3 aliphatic rings. The highest BCUT2D eigenvalue weighted by molar-refractivity contribution is 5.91. The molecule has 1 N–H and O–H groups in total. The average molecular weight is 293 g/mol. The number of hydrogen-bond donors (Lipinski definition) is 1. The summed E-state index contributed by atoms with van der Waals surface area (Å²) in [7, 11) is 1.46. The molecule has 0 fully saturated rings. The van der Waals surface area contributed by atoms with Crippen LogP contribution in [-0.2, 0) is 16.1 Å². The van der Waals surface area contributed by atoms with Crippen LogP contribution >= 0.6 is 0 Å². The Labute approximate surface area is 130 Å². The van der Waals surface area contributed by atoms with Crippen LogP contribution in [0.25, 0.3) is 0 Å². The van der Waals surface area contributed by atoms with Gasteiger partial charge >= 0.3 is 5.97 Å². The van der Waals surface area contributed by atoms with Gasteiger partial charge in [-0.2, -0.15) is 0 Å². The van der Waals surface area contributed by atoms with Crippen LogP contribution < -0.4 is 5.32 Å². The number of carbonyl (C=O) groups is 1. The molecule has 1 aromatic carbocycles. The molecule has 4 atom stereocenters. The fourth-order valence-corrected chi connectivity index (χ4v) is 4.05. The number of ether oxygens (including phenoxy) is 1. The van der Waals surface area contributed by atoms with Gasteiger partial charge in [-0.15, -0.1) is 0 Å². The zero-order chi connectivity index (χ0) is 15.1. The van der Waals surface area contributed by atoms with Crippen LogP contribution in [0.15, 0.2) is 65.9 Å². The first-order chi connectivity index (χ1) is 10.8. The van der Waals surface area contributed by atoms with E-state index in [-0.39, 0.29) is 11.9 Å². The van der Waals surface area contributed by atoms with Gasteiger partial charge in [0.1, 0.15) is 0 Å². The fraction of sp³-hybridized carbons (Fsp3) is 0.316. The van der Waals surface area contributed by atoms with E-state index < -0.39 is 0 Å². The van der Waals surface area contributed by atoms with E-state index in [1.54, 1.807) is 0 Å². The minimum absolute atomic E-state index is 0.158. The molecule has 112 valence electrons. The second kappa shape index (κ2) is 5.16. The van der Waals surface area contributed by atoms with Crippen molar-refractivity contribution in [2.24, 2.45) is 23.7 Å². The minimum atomic E-state index is -0.200. The maximum Gasteiger partial charge on any atom is 0.336 e. The Kier molecular flexibility index (Phi) is 3.14. The highest BCUT2D eigenvalue weighted by Gasteiger charge is 2.50. The van der Waals surface area contributed by atoms with Crippen molar-refractivity contribution in [2.75, 3.05) is 7.11 Å². The normalized spacial score (nSPS) is 30.8. The van der Waals surface area contributed by atoms with Gasteiger partial charge < -0.3 is 10.1 Å². The summed E-state index contributed by atoms with van der Waals surface area (Å²) in [4.78, 5) is 12.3. The zero-order valence-electron chi connectivity index (χ0n) is 12.5. The topological polar surface area (TPSA) is 38.3 Å². The predicted molar refractivity (Wildman–Crippen MR) is 84.6 cm³/mol. The van der Waals surface area contributed by atoms with Crippen LogP contribution in [0, 0.1) is 23.7 Å². The standard InChI is InChI=1S/C19H19NO2/c1-22-19(21)17-15-10-8-13-7-9-14(15)16(13)18(17)20-11-12-5-3-2-4-6-12/h2-10,13-16,20H,11H2,1H3/t13?,14-,15-,16+/m0/s1. The monoisotopic (exact) mass is 293 g/mol. The lowest BCUT2D eigenvalue weighted by Crippen LogP contribution is -2.25. The first kappa shape index (κ1) is 13.4. The first-order valence-electron chi connectivity index (χ1n) is 7.76. The SMILES string of the molecule is COC(=O)C1=C(NCc2ccccc2)[C@@H]2C3C=C[C@H]2[C@@H]1C=C3. The summed E-state index contributed by atoms with van der Waals surface area (Å²) in [6, 6.07) is 10.3. The van der Waals surface area contributed by atoms with Crippen molar-refractivity contribution in [3.05, 3.63) is 71.5 Å². The van der Waals surface area contributed by atoms with Gasteiger partial charge in [0.15, 0.2) is 0 Å². The molecule has 0 amide bonds. The third-order valence-electron chi connectivity index (χ3n) is 5.03. The molecule has 0 spiro atoms. The van der Waals surface area contributed by atoms with Gasteiger partial charge in [0.25, 0.3) is 0 Å². The zero-order valence-corrected chi connectivity index (χ0v) is 12.5. The molecule has 3 aliphatic carbocycles. The van der Waals surface area contributed by atoms with E-state index >= 15 is 0 Å². The second-order valence-corrected chi connectivity index (χ2v) is 6.13. The highest BCUT2D eigenvalue weighted by Crippen LogP contribution is 2.53. The summed E-state index contributed by atoms with van der Waals surface area (Å²) in [5, 5.41) is 3.53. The number of carbonyl (C=O) groups excluding carboxylic acids is 1. The highest BCUT2D eigenvalue weighted by atomic mass is 16.5. The second-order valence-electron chi connectivity index (χ2n) is 6.13. The lowest BCUT2D eigenvalue weighted by Gasteiger charge is -2.25. The third-order valence-corrected chi connectivity index (χ3v) is 5.03. The van der Waals surface area contributed by atoms with Crippen LogP contribution in [0.3, 0.4) is 0 Å². The van der Waals surface area contributed by atoms with Crippen LogP contribution in [0.1, 0.15) is 5.56 Å². The molecule has 22 heavy (non-hydrogen) atoms. The Morgan fingerprint density at radius 3 is 2.68 bits per heavy atom. The lowest BCUT2D eigenvalue weighted by atomic mass is 9.80. The molecule has 4 rings (SSSR count). The van der Waals surface area contributed by atoms with Gasteiger partial charge in [-0.3, -0.25) is 0 Å². The third kappa shape index (κ3) is 1.92. The van der Waals surface area contributed by atoms with Crippen LogP contribution in [0.2, 0.25) is 0 Å². The quantitative estimate of drug-likeness (QED) is 0.685. The summed E-state index contributed by atoms with van der Waals surface area (Å²) >= 11 is 0. The first-order valence-corrected chi connectivity index (χ1v) is 7.76. The molecule has 3 heteroatoms. The van der Waals surface area contributed by atoms with E-state index in [0.29, 0.717) is 17.8 Å². The number of hydrogen-bond acceptors (Lipinski definition) is 3. The summed E-state index contributed by atoms with van der Waals surface area (Å²) in [6.07, 6.45) is 8.94. The Morgan fingerprint density at radius 1 is 1.14 bits per heavy atom. The van der Waals surface area contributed by atoms with Gasteiger partial charge in [-0.05, 0) is 11.5 Å². The van der Waals surface area contributed by atoms with E-state index in [4.69, 9.17) is 4.74 Å². The van der Waals surface area contributed by atoms with E-state index in [9.17, 15) is 4.79 Å². The fourth-order valence-electron chi connectivity index (χ4n) is 4.05. The molecule has 0 radical (unpaired) electrons. The predicted octanol–water partition coefficient (Wildman–Crippen LogP) is 2.82. The van der Waals surface area contributed by atoms with Crippen molar-refractivity contribution < 1.29 is 9.53 Å². The largest absolute Gasteiger partial charge is 0.466 e. The number of benzene rings is 1. The molecule has 0 saturated heterocycles. The summed E-state index contributed by atoms with van der Waals surface area (Å²) < 4.78 is 5.04. The number of methoxy groups -OCH3 is 1. The van der Waals surface area contributed by atoms with Gasteiger partial charge in [0.2, 0.25) is 0 Å². The number of nitrogens with one attached hydrogen (secondary N) is 1. The Morgan fingerprint density at radius 2 is 1.91 bits per heavy atom. The van der Waals surface area contributed by atoms with Gasteiger partial charge in [0.05, 0.1) is 12.7 Å². The Bertz CT molecular complexity index is 687. The molecule has 4 bridgehead atoms. The van der Waals surface area contributed by atoms with E-state index in [0.717, 1.165) is 17.8 Å². The van der Waals surface area contributed by atoms with E-state index in [2.05, 4.69) is 41.8 Å².